The minimum absolute atomic E-state index is 0.295. The molecule has 0 aliphatic rings. The normalized spacial score (nSPS) is 10.3. The Morgan fingerprint density at radius 3 is 2.63 bits per heavy atom. The molecule has 0 unspecified atom stereocenters. The topological polar surface area (TPSA) is 63.2 Å². The number of ether oxygens (including phenoxy) is 1. The number of benzene rings is 2. The van der Waals surface area contributed by atoms with Crippen molar-refractivity contribution in [3.8, 4) is 5.75 Å². The number of nitrogens with zero attached hydrogens (tertiary/aromatic N) is 1. The number of hydrogen-bond donors (Lipinski definition) is 2. The molecule has 0 atom stereocenters. The number of para-hydroxylation sites is 2. The van der Waals surface area contributed by atoms with Crippen molar-refractivity contribution in [3.63, 3.8) is 0 Å². The van der Waals surface area contributed by atoms with Gasteiger partial charge in [0.1, 0.15) is 11.4 Å². The molecule has 6 heteroatoms. The number of pyridine rings is 1. The molecule has 0 radical (unpaired) electrons. The first-order valence-electron chi connectivity index (χ1n) is 8.59. The van der Waals surface area contributed by atoms with Gasteiger partial charge in [0, 0.05) is 10.7 Å². The Morgan fingerprint density at radius 2 is 1.93 bits per heavy atom. The van der Waals surface area contributed by atoms with Gasteiger partial charge in [-0.2, -0.15) is 0 Å². The highest BCUT2D eigenvalue weighted by atomic mass is 35.5. The van der Waals surface area contributed by atoms with Gasteiger partial charge in [-0.25, -0.2) is 4.98 Å². The van der Waals surface area contributed by atoms with Crippen molar-refractivity contribution < 1.29 is 9.53 Å². The van der Waals surface area contributed by atoms with Crippen molar-refractivity contribution in [1.82, 2.24) is 4.98 Å². The molecule has 2 aromatic carbocycles. The van der Waals surface area contributed by atoms with E-state index in [9.17, 15) is 4.79 Å². The molecule has 3 rings (SSSR count). The summed E-state index contributed by atoms with van der Waals surface area (Å²) in [5.41, 5.74) is 3.68. The minimum Gasteiger partial charge on any atom is -0.492 e. The number of carbonyl (C=O) groups is 1. The van der Waals surface area contributed by atoms with E-state index >= 15 is 0 Å². The maximum Gasteiger partial charge on any atom is 0.274 e. The molecule has 0 fully saturated rings. The van der Waals surface area contributed by atoms with Crippen LogP contribution in [-0.4, -0.2) is 17.5 Å². The Morgan fingerprint density at radius 1 is 1.11 bits per heavy atom. The summed E-state index contributed by atoms with van der Waals surface area (Å²) in [6.07, 6.45) is 1.62. The molecule has 0 saturated carbocycles. The van der Waals surface area contributed by atoms with Crippen LogP contribution in [0.3, 0.4) is 0 Å². The third-order valence-electron chi connectivity index (χ3n) is 3.90. The fourth-order valence-corrected chi connectivity index (χ4v) is 2.79. The smallest absolute Gasteiger partial charge is 0.274 e. The summed E-state index contributed by atoms with van der Waals surface area (Å²) in [7, 11) is 0. The van der Waals surface area contributed by atoms with Crippen LogP contribution in [0.5, 0.6) is 5.75 Å². The van der Waals surface area contributed by atoms with E-state index in [0.717, 1.165) is 16.9 Å². The van der Waals surface area contributed by atoms with Gasteiger partial charge in [-0.3, -0.25) is 4.79 Å². The molecule has 0 bridgehead atoms. The van der Waals surface area contributed by atoms with Crippen LogP contribution in [0.2, 0.25) is 5.02 Å². The van der Waals surface area contributed by atoms with Crippen LogP contribution in [0.4, 0.5) is 17.1 Å². The van der Waals surface area contributed by atoms with E-state index in [0.29, 0.717) is 28.8 Å². The van der Waals surface area contributed by atoms with Gasteiger partial charge in [0.05, 0.1) is 24.2 Å². The Labute approximate surface area is 163 Å². The number of carbonyl (C=O) groups excluding carboxylic acids is 1. The van der Waals surface area contributed by atoms with Gasteiger partial charge in [-0.15, -0.1) is 0 Å². The van der Waals surface area contributed by atoms with Crippen LogP contribution in [0.25, 0.3) is 0 Å². The quantitative estimate of drug-likeness (QED) is 0.597. The van der Waals surface area contributed by atoms with Crippen molar-refractivity contribution >= 4 is 34.6 Å². The highest BCUT2D eigenvalue weighted by Crippen LogP contribution is 2.25. The van der Waals surface area contributed by atoms with Crippen LogP contribution >= 0.6 is 11.6 Å². The number of amides is 1. The van der Waals surface area contributed by atoms with E-state index in [4.69, 9.17) is 16.3 Å². The fourth-order valence-electron chi connectivity index (χ4n) is 2.56. The maximum atomic E-state index is 12.5. The molecule has 0 saturated heterocycles. The molecule has 0 spiro atoms. The lowest BCUT2D eigenvalue weighted by molar-refractivity contribution is 0.102. The molecule has 5 nitrogen and oxygen atoms in total. The lowest BCUT2D eigenvalue weighted by Gasteiger charge is -2.12. The van der Waals surface area contributed by atoms with Gasteiger partial charge in [0.2, 0.25) is 0 Å². The fraction of sp³-hybridized carbons (Fsp3) is 0.143. The van der Waals surface area contributed by atoms with Gasteiger partial charge in [-0.1, -0.05) is 23.7 Å². The zero-order valence-corrected chi connectivity index (χ0v) is 15.9. The Hall–Kier alpha value is -3.05. The number of aryl methyl sites for hydroxylation is 1. The predicted octanol–water partition coefficient (Wildman–Crippen LogP) is 5.44. The van der Waals surface area contributed by atoms with Crippen LogP contribution in [-0.2, 0) is 0 Å². The molecule has 3 aromatic rings. The molecule has 138 valence electrons. The summed E-state index contributed by atoms with van der Waals surface area (Å²) in [6, 6.07) is 16.4. The summed E-state index contributed by atoms with van der Waals surface area (Å²) in [4.78, 5) is 16.7. The lowest BCUT2D eigenvalue weighted by Crippen LogP contribution is -2.14. The van der Waals surface area contributed by atoms with Crippen molar-refractivity contribution in [3.05, 3.63) is 77.1 Å². The average Bonchev–Trinajstić information content (AvgIpc) is 2.66. The Balaban J connectivity index is 1.70. The van der Waals surface area contributed by atoms with Crippen molar-refractivity contribution in [2.45, 2.75) is 13.8 Å². The molecule has 1 heterocycles. The van der Waals surface area contributed by atoms with E-state index in [1.807, 2.05) is 56.3 Å². The number of anilines is 3. The lowest BCUT2D eigenvalue weighted by atomic mass is 10.2. The third kappa shape index (κ3) is 4.77. The number of hydrogen-bond acceptors (Lipinski definition) is 4. The highest BCUT2D eigenvalue weighted by molar-refractivity contribution is 6.30. The van der Waals surface area contributed by atoms with Gasteiger partial charge in [-0.05, 0) is 61.9 Å². The number of halogens is 1. The van der Waals surface area contributed by atoms with E-state index < -0.39 is 0 Å². The number of nitrogens with one attached hydrogen (secondary N) is 2. The molecule has 1 aromatic heterocycles. The van der Waals surface area contributed by atoms with Crippen LogP contribution < -0.4 is 15.4 Å². The van der Waals surface area contributed by atoms with Crippen LogP contribution in [0, 0.1) is 6.92 Å². The molecular formula is C21H20ClN3O2. The molecular weight excluding hydrogens is 362 g/mol. The van der Waals surface area contributed by atoms with E-state index in [1.54, 1.807) is 18.3 Å². The Kier molecular flexibility index (Phi) is 5.94. The second-order valence-electron chi connectivity index (χ2n) is 5.90. The standard InChI is InChI=1S/C21H20ClN3O2/c1-3-27-20-7-5-4-6-18(20)25-21(26)19-11-9-16(13-23-19)24-17-10-8-15(22)12-14(17)2/h4-13,24H,3H2,1-2H3,(H,25,26). The molecule has 0 aliphatic heterocycles. The van der Waals surface area contributed by atoms with Gasteiger partial charge in [0.15, 0.2) is 0 Å². The Bertz CT molecular complexity index is 942. The van der Waals surface area contributed by atoms with E-state index in [1.165, 1.54) is 0 Å². The second-order valence-corrected chi connectivity index (χ2v) is 6.34. The summed E-state index contributed by atoms with van der Waals surface area (Å²) < 4.78 is 5.52. The summed E-state index contributed by atoms with van der Waals surface area (Å²) >= 11 is 5.98. The summed E-state index contributed by atoms with van der Waals surface area (Å²) in [5, 5.41) is 6.79. The monoisotopic (exact) mass is 381 g/mol. The van der Waals surface area contributed by atoms with E-state index in [-0.39, 0.29) is 5.91 Å². The van der Waals surface area contributed by atoms with Crippen molar-refractivity contribution in [1.29, 1.82) is 0 Å². The average molecular weight is 382 g/mol. The highest BCUT2D eigenvalue weighted by Gasteiger charge is 2.11. The molecule has 27 heavy (non-hydrogen) atoms. The van der Waals surface area contributed by atoms with Crippen LogP contribution in [0.15, 0.2) is 60.8 Å². The van der Waals surface area contributed by atoms with Gasteiger partial charge >= 0.3 is 0 Å². The second kappa shape index (κ2) is 8.56. The summed E-state index contributed by atoms with van der Waals surface area (Å²) in [5.74, 6) is 0.334. The predicted molar refractivity (Wildman–Crippen MR) is 109 cm³/mol. The minimum atomic E-state index is -0.295. The first-order valence-corrected chi connectivity index (χ1v) is 8.97. The first-order chi connectivity index (χ1) is 13.1. The maximum absolute atomic E-state index is 12.5. The third-order valence-corrected chi connectivity index (χ3v) is 4.13. The number of aromatic nitrogens is 1. The molecule has 2 N–H and O–H groups in total. The summed E-state index contributed by atoms with van der Waals surface area (Å²) in [6.45, 7) is 4.39. The van der Waals surface area contributed by atoms with Crippen molar-refractivity contribution in [2.24, 2.45) is 0 Å². The zero-order valence-electron chi connectivity index (χ0n) is 15.1. The molecule has 1 amide bonds. The zero-order chi connectivity index (χ0) is 19.2. The van der Waals surface area contributed by atoms with Gasteiger partial charge < -0.3 is 15.4 Å². The first kappa shape index (κ1) is 18.7. The van der Waals surface area contributed by atoms with E-state index in [2.05, 4.69) is 15.6 Å². The van der Waals surface area contributed by atoms with Crippen molar-refractivity contribution in [2.75, 3.05) is 17.2 Å². The van der Waals surface area contributed by atoms with Crippen LogP contribution in [0.1, 0.15) is 23.0 Å². The largest absolute Gasteiger partial charge is 0.492 e. The van der Waals surface area contributed by atoms with Gasteiger partial charge in [0.25, 0.3) is 5.91 Å². The number of rotatable bonds is 6. The SMILES string of the molecule is CCOc1ccccc1NC(=O)c1ccc(Nc2ccc(Cl)cc2C)cn1. The molecule has 0 aliphatic carbocycles.